The first-order valence-electron chi connectivity index (χ1n) is 6.84. The molecule has 114 valence electrons. The minimum Gasteiger partial charge on any atom is -0.308 e. The van der Waals surface area contributed by atoms with Crippen LogP contribution in [0.2, 0.25) is 5.02 Å². The largest absolute Gasteiger partial charge is 0.323 e. The first-order chi connectivity index (χ1) is 10.6. The number of benzene rings is 2. The summed E-state index contributed by atoms with van der Waals surface area (Å²) in [5.74, 6) is 0.480. The number of hydrogen-bond donors (Lipinski definition) is 1. The molecule has 0 aliphatic carbocycles. The van der Waals surface area contributed by atoms with Crippen LogP contribution < -0.4 is 5.32 Å². The fourth-order valence-electron chi connectivity index (χ4n) is 2.38. The van der Waals surface area contributed by atoms with E-state index in [1.54, 1.807) is 28.8 Å². The van der Waals surface area contributed by atoms with Gasteiger partial charge in [0.1, 0.15) is 11.2 Å². The maximum absolute atomic E-state index is 13.2. The first-order valence-corrected chi connectivity index (χ1v) is 8.26. The van der Waals surface area contributed by atoms with Gasteiger partial charge in [0, 0.05) is 23.0 Å². The van der Waals surface area contributed by atoms with Gasteiger partial charge in [0.2, 0.25) is 0 Å². The maximum atomic E-state index is 13.2. The number of urea groups is 1. The highest BCUT2D eigenvalue weighted by Gasteiger charge is 2.30. The van der Waals surface area contributed by atoms with Gasteiger partial charge in [0.05, 0.1) is 0 Å². The van der Waals surface area contributed by atoms with Crippen molar-refractivity contribution in [3.63, 3.8) is 0 Å². The Hall–Kier alpha value is -1.72. The predicted octanol–water partition coefficient (Wildman–Crippen LogP) is 4.76. The molecule has 0 spiro atoms. The second-order valence-corrected chi connectivity index (χ2v) is 6.54. The lowest BCUT2D eigenvalue weighted by Gasteiger charge is -2.24. The van der Waals surface area contributed by atoms with Gasteiger partial charge in [-0.05, 0) is 35.9 Å². The van der Waals surface area contributed by atoms with E-state index in [-0.39, 0.29) is 17.2 Å². The quantitative estimate of drug-likeness (QED) is 0.857. The van der Waals surface area contributed by atoms with Crippen molar-refractivity contribution >= 4 is 35.1 Å². The van der Waals surface area contributed by atoms with Gasteiger partial charge in [-0.2, -0.15) is 0 Å². The van der Waals surface area contributed by atoms with E-state index in [1.807, 2.05) is 24.3 Å². The zero-order valence-electron chi connectivity index (χ0n) is 11.6. The lowest BCUT2D eigenvalue weighted by molar-refractivity contribution is 0.214. The Morgan fingerprint density at radius 2 is 2.09 bits per heavy atom. The smallest absolute Gasteiger partial charge is 0.308 e. The Balaban J connectivity index is 1.76. The lowest BCUT2D eigenvalue weighted by atomic mass is 10.2. The molecule has 1 aliphatic rings. The number of amides is 2. The van der Waals surface area contributed by atoms with Gasteiger partial charge in [-0.25, -0.2) is 9.18 Å². The van der Waals surface area contributed by atoms with E-state index in [1.165, 1.54) is 12.1 Å². The van der Waals surface area contributed by atoms with Gasteiger partial charge < -0.3 is 10.2 Å². The average molecular weight is 337 g/mol. The molecule has 0 radical (unpaired) electrons. The van der Waals surface area contributed by atoms with Crippen LogP contribution in [0, 0.1) is 5.82 Å². The molecule has 1 aliphatic heterocycles. The predicted molar refractivity (Wildman–Crippen MR) is 88.8 cm³/mol. The monoisotopic (exact) mass is 336 g/mol. The molecule has 1 N–H and O–H groups in total. The van der Waals surface area contributed by atoms with E-state index in [0.29, 0.717) is 17.3 Å². The van der Waals surface area contributed by atoms with Crippen molar-refractivity contribution in [2.75, 3.05) is 17.6 Å². The van der Waals surface area contributed by atoms with Crippen molar-refractivity contribution in [2.24, 2.45) is 0 Å². The molecule has 1 fully saturated rings. The Morgan fingerprint density at radius 1 is 1.27 bits per heavy atom. The van der Waals surface area contributed by atoms with Crippen LogP contribution in [0.4, 0.5) is 14.9 Å². The molecule has 6 heteroatoms. The molecule has 22 heavy (non-hydrogen) atoms. The molecule has 2 aromatic rings. The second kappa shape index (κ2) is 6.58. The van der Waals surface area contributed by atoms with Crippen LogP contribution in [0.5, 0.6) is 0 Å². The number of carbonyl (C=O) groups is 1. The van der Waals surface area contributed by atoms with E-state index < -0.39 is 0 Å². The fourth-order valence-corrected chi connectivity index (χ4v) is 3.82. The van der Waals surface area contributed by atoms with E-state index in [4.69, 9.17) is 11.6 Å². The SMILES string of the molecule is O=C(Nc1cccc(F)c1)N1CCS[C@@H]1c1cccc(Cl)c1. The molecule has 0 bridgehead atoms. The minimum atomic E-state index is -0.375. The van der Waals surface area contributed by atoms with E-state index in [2.05, 4.69) is 5.32 Å². The number of anilines is 1. The number of nitrogens with one attached hydrogen (secondary N) is 1. The summed E-state index contributed by atoms with van der Waals surface area (Å²) in [6.07, 6.45) is 0. The highest BCUT2D eigenvalue weighted by Crippen LogP contribution is 2.38. The molecule has 0 aromatic heterocycles. The van der Waals surface area contributed by atoms with E-state index >= 15 is 0 Å². The molecule has 2 amide bonds. The average Bonchev–Trinajstić information content (AvgIpc) is 2.97. The zero-order chi connectivity index (χ0) is 15.5. The Bertz CT molecular complexity index is 697. The zero-order valence-corrected chi connectivity index (χ0v) is 13.2. The normalized spacial score (nSPS) is 17.5. The summed E-state index contributed by atoms with van der Waals surface area (Å²) in [4.78, 5) is 14.2. The molecule has 3 rings (SSSR count). The number of rotatable bonds is 2. The van der Waals surface area contributed by atoms with Crippen LogP contribution in [0.15, 0.2) is 48.5 Å². The summed E-state index contributed by atoms with van der Waals surface area (Å²) in [5.41, 5.74) is 1.44. The molecule has 0 saturated carbocycles. The summed E-state index contributed by atoms with van der Waals surface area (Å²) in [6.45, 7) is 0.642. The number of nitrogens with zero attached hydrogens (tertiary/aromatic N) is 1. The van der Waals surface area contributed by atoms with Crippen molar-refractivity contribution in [3.05, 3.63) is 64.9 Å². The van der Waals surface area contributed by atoms with Crippen molar-refractivity contribution in [1.29, 1.82) is 0 Å². The van der Waals surface area contributed by atoms with Crippen molar-refractivity contribution in [2.45, 2.75) is 5.37 Å². The van der Waals surface area contributed by atoms with Crippen LogP contribution in [-0.4, -0.2) is 23.2 Å². The Morgan fingerprint density at radius 3 is 2.86 bits per heavy atom. The molecule has 3 nitrogen and oxygen atoms in total. The molecule has 1 saturated heterocycles. The first kappa shape index (κ1) is 15.2. The number of carbonyl (C=O) groups excluding carboxylic acids is 1. The summed E-state index contributed by atoms with van der Waals surface area (Å²) in [7, 11) is 0. The third-order valence-corrected chi connectivity index (χ3v) is 4.86. The van der Waals surface area contributed by atoms with Crippen LogP contribution in [0.1, 0.15) is 10.9 Å². The van der Waals surface area contributed by atoms with Crippen LogP contribution in [0.25, 0.3) is 0 Å². The molecule has 1 heterocycles. The number of hydrogen-bond acceptors (Lipinski definition) is 2. The number of halogens is 2. The van der Waals surface area contributed by atoms with Crippen molar-refractivity contribution in [3.8, 4) is 0 Å². The summed E-state index contributed by atoms with van der Waals surface area (Å²) in [5, 5.41) is 3.31. The molecule has 0 unspecified atom stereocenters. The van der Waals surface area contributed by atoms with Crippen LogP contribution in [0.3, 0.4) is 0 Å². The molecular weight excluding hydrogens is 323 g/mol. The van der Waals surface area contributed by atoms with Gasteiger partial charge in [-0.1, -0.05) is 29.8 Å². The highest BCUT2D eigenvalue weighted by atomic mass is 35.5. The highest BCUT2D eigenvalue weighted by molar-refractivity contribution is 7.99. The van der Waals surface area contributed by atoms with Crippen LogP contribution in [-0.2, 0) is 0 Å². The van der Waals surface area contributed by atoms with E-state index in [0.717, 1.165) is 11.3 Å². The summed E-state index contributed by atoms with van der Waals surface area (Å²) in [6, 6.07) is 13.1. The van der Waals surface area contributed by atoms with Gasteiger partial charge >= 0.3 is 6.03 Å². The summed E-state index contributed by atoms with van der Waals surface area (Å²) < 4.78 is 13.2. The third-order valence-electron chi connectivity index (χ3n) is 3.36. The van der Waals surface area contributed by atoms with Gasteiger partial charge in [0.15, 0.2) is 0 Å². The topological polar surface area (TPSA) is 32.3 Å². The molecule has 2 aromatic carbocycles. The fraction of sp³-hybridized carbons (Fsp3) is 0.188. The number of thioether (sulfide) groups is 1. The molecular formula is C16H14ClFN2OS. The van der Waals surface area contributed by atoms with Gasteiger partial charge in [-0.15, -0.1) is 11.8 Å². The van der Waals surface area contributed by atoms with Crippen LogP contribution >= 0.6 is 23.4 Å². The Kier molecular flexibility index (Phi) is 4.55. The minimum absolute atomic E-state index is 0.0766. The van der Waals surface area contributed by atoms with E-state index in [9.17, 15) is 9.18 Å². The maximum Gasteiger partial charge on any atom is 0.323 e. The van der Waals surface area contributed by atoms with Crippen molar-refractivity contribution < 1.29 is 9.18 Å². The Labute approximate surface area is 137 Å². The lowest BCUT2D eigenvalue weighted by Crippen LogP contribution is -2.34. The summed E-state index contributed by atoms with van der Waals surface area (Å²) >= 11 is 7.71. The standard InChI is InChI=1S/C16H14ClFN2OS/c17-12-4-1-3-11(9-12)15-20(7-8-22-15)16(21)19-14-6-2-5-13(18)10-14/h1-6,9-10,15H,7-8H2,(H,19,21)/t15-/m1/s1. The van der Waals surface area contributed by atoms with Crippen molar-refractivity contribution in [1.82, 2.24) is 4.90 Å². The molecule has 1 atom stereocenters. The van der Waals surface area contributed by atoms with Gasteiger partial charge in [-0.3, -0.25) is 0 Å². The third kappa shape index (κ3) is 3.36. The van der Waals surface area contributed by atoms with Gasteiger partial charge in [0.25, 0.3) is 0 Å². The second-order valence-electron chi connectivity index (χ2n) is 4.91.